The molecule has 0 amide bonds. The molecule has 0 nitrogen and oxygen atoms in total. The Bertz CT molecular complexity index is 449. The lowest BCUT2D eigenvalue weighted by molar-refractivity contribution is -0.405. The third-order valence-electron chi connectivity index (χ3n) is 4.13. The van der Waals surface area contributed by atoms with Crippen molar-refractivity contribution in [2.45, 2.75) is 61.7 Å². The van der Waals surface area contributed by atoms with Gasteiger partial charge >= 0.3 is 24.2 Å². The summed E-state index contributed by atoms with van der Waals surface area (Å²) in [5, 5.41) is 0. The molecule has 0 bridgehead atoms. The van der Waals surface area contributed by atoms with Gasteiger partial charge < -0.3 is 0 Å². The molecule has 0 radical (unpaired) electrons. The summed E-state index contributed by atoms with van der Waals surface area (Å²) in [6.07, 6.45) is -17.7. The highest BCUT2D eigenvalue weighted by atomic mass is 19.4. The molecule has 3 atom stereocenters. The van der Waals surface area contributed by atoms with Gasteiger partial charge in [0.15, 0.2) is 0 Å². The predicted molar refractivity (Wildman–Crippen MR) is 52.7 cm³/mol. The average Bonchev–Trinajstić information content (AvgIpc) is 2.62. The van der Waals surface area contributed by atoms with Crippen molar-refractivity contribution in [3.63, 3.8) is 0 Å². The summed E-state index contributed by atoms with van der Waals surface area (Å²) in [5.74, 6) is -16.6. The second kappa shape index (κ2) is 5.08. The Kier molecular flexibility index (Phi) is 4.46. The molecular weight excluding hydrogens is 360 g/mol. The number of halogens is 12. The van der Waals surface area contributed by atoms with Gasteiger partial charge in [0.05, 0.1) is 0 Å². The molecule has 0 N–H and O–H groups in total. The van der Waals surface area contributed by atoms with Crippen LogP contribution in [0.25, 0.3) is 0 Å². The van der Waals surface area contributed by atoms with Crippen molar-refractivity contribution in [3.8, 4) is 0 Å². The summed E-state index contributed by atoms with van der Waals surface area (Å²) < 4.78 is 156. The fraction of sp³-hybridized carbons (Fsp3) is 1.00. The van der Waals surface area contributed by atoms with E-state index in [4.69, 9.17) is 0 Å². The topological polar surface area (TPSA) is 0 Å². The third-order valence-corrected chi connectivity index (χ3v) is 4.13. The van der Waals surface area contributed by atoms with Gasteiger partial charge in [-0.25, -0.2) is 8.78 Å². The largest absolute Gasteiger partial charge is 0.460 e. The van der Waals surface area contributed by atoms with Gasteiger partial charge in [-0.05, 0) is 19.3 Å². The maximum Gasteiger partial charge on any atom is 0.460 e. The lowest BCUT2D eigenvalue weighted by Gasteiger charge is -2.44. The Morgan fingerprint density at radius 1 is 0.870 bits per heavy atom. The maximum atomic E-state index is 14.3. The molecule has 3 unspecified atom stereocenters. The predicted octanol–water partition coefficient (Wildman–Crippen LogP) is 5.62. The molecule has 1 aliphatic carbocycles. The Morgan fingerprint density at radius 3 is 1.61 bits per heavy atom. The average molecular weight is 370 g/mol. The second-order valence-electron chi connectivity index (χ2n) is 5.30. The molecule has 23 heavy (non-hydrogen) atoms. The van der Waals surface area contributed by atoms with Crippen LogP contribution in [-0.4, -0.2) is 35.5 Å². The Morgan fingerprint density at radius 2 is 1.30 bits per heavy atom. The van der Waals surface area contributed by atoms with Gasteiger partial charge in [-0.1, -0.05) is 6.92 Å². The van der Waals surface area contributed by atoms with Gasteiger partial charge in [0.25, 0.3) is 0 Å². The molecule has 0 saturated heterocycles. The Balaban J connectivity index is 3.61. The molecule has 138 valence electrons. The SMILES string of the molecule is CCC1CCC(F)(C(F)(F)C(F)(F)C(F)(F)F)C1(F)C(F)(F)F. The number of alkyl halides is 12. The normalized spacial score (nSPS) is 34.0. The number of rotatable bonds is 3. The van der Waals surface area contributed by atoms with Crippen LogP contribution in [0.5, 0.6) is 0 Å². The molecule has 12 heteroatoms. The van der Waals surface area contributed by atoms with Crippen molar-refractivity contribution in [1.29, 1.82) is 0 Å². The van der Waals surface area contributed by atoms with E-state index < -0.39 is 60.7 Å². The van der Waals surface area contributed by atoms with Crippen molar-refractivity contribution in [2.24, 2.45) is 5.92 Å². The minimum Gasteiger partial charge on any atom is -0.233 e. The van der Waals surface area contributed by atoms with E-state index in [1.165, 1.54) is 0 Å². The highest BCUT2D eigenvalue weighted by Gasteiger charge is 2.90. The Hall–Kier alpha value is -0.840. The van der Waals surface area contributed by atoms with Crippen LogP contribution in [0.1, 0.15) is 26.2 Å². The quantitative estimate of drug-likeness (QED) is 0.566. The molecule has 1 rings (SSSR count). The van der Waals surface area contributed by atoms with E-state index in [-0.39, 0.29) is 0 Å². The highest BCUT2D eigenvalue weighted by molar-refractivity contribution is 5.22. The summed E-state index contributed by atoms with van der Waals surface area (Å²) in [4.78, 5) is 0. The fourth-order valence-electron chi connectivity index (χ4n) is 2.83. The summed E-state index contributed by atoms with van der Waals surface area (Å²) in [6.45, 7) is 0.844. The first kappa shape index (κ1) is 20.2. The van der Waals surface area contributed by atoms with Crippen LogP contribution in [0.15, 0.2) is 0 Å². The van der Waals surface area contributed by atoms with E-state index in [2.05, 4.69) is 0 Å². The van der Waals surface area contributed by atoms with Gasteiger partial charge in [-0.3, -0.25) is 0 Å². The van der Waals surface area contributed by atoms with Crippen LogP contribution in [0.2, 0.25) is 0 Å². The van der Waals surface area contributed by atoms with Crippen LogP contribution in [-0.2, 0) is 0 Å². The van der Waals surface area contributed by atoms with Crippen molar-refractivity contribution in [3.05, 3.63) is 0 Å². The summed E-state index contributed by atoms with van der Waals surface area (Å²) in [6, 6.07) is 0. The summed E-state index contributed by atoms with van der Waals surface area (Å²) in [5.41, 5.74) is -11.3. The van der Waals surface area contributed by atoms with E-state index >= 15 is 0 Å². The molecule has 0 spiro atoms. The summed E-state index contributed by atoms with van der Waals surface area (Å²) in [7, 11) is 0. The van der Waals surface area contributed by atoms with Gasteiger partial charge in [0.2, 0.25) is 11.3 Å². The molecule has 1 fully saturated rings. The summed E-state index contributed by atoms with van der Waals surface area (Å²) >= 11 is 0. The van der Waals surface area contributed by atoms with Crippen LogP contribution in [0.4, 0.5) is 52.7 Å². The molecule has 0 aromatic rings. The van der Waals surface area contributed by atoms with Crippen LogP contribution in [0, 0.1) is 5.92 Å². The van der Waals surface area contributed by atoms with E-state index in [9.17, 15) is 52.7 Å². The zero-order valence-electron chi connectivity index (χ0n) is 11.2. The Labute approximate surface area is 121 Å². The smallest absolute Gasteiger partial charge is 0.233 e. The maximum absolute atomic E-state index is 14.3. The van der Waals surface area contributed by atoms with Crippen LogP contribution < -0.4 is 0 Å². The monoisotopic (exact) mass is 370 g/mol. The van der Waals surface area contributed by atoms with Crippen molar-refractivity contribution >= 4 is 0 Å². The first-order valence-corrected chi connectivity index (χ1v) is 6.18. The first-order valence-electron chi connectivity index (χ1n) is 6.18. The van der Waals surface area contributed by atoms with Crippen LogP contribution in [0.3, 0.4) is 0 Å². The minimum absolute atomic E-state index is 0.844. The van der Waals surface area contributed by atoms with Crippen molar-refractivity contribution in [2.75, 3.05) is 0 Å². The van der Waals surface area contributed by atoms with Gasteiger partial charge in [0, 0.05) is 5.92 Å². The molecule has 0 heterocycles. The highest BCUT2D eigenvalue weighted by Crippen LogP contribution is 2.66. The minimum atomic E-state index is -7.18. The molecule has 0 aromatic heterocycles. The van der Waals surface area contributed by atoms with Crippen molar-refractivity contribution in [1.82, 2.24) is 0 Å². The van der Waals surface area contributed by atoms with E-state index in [1.807, 2.05) is 0 Å². The lowest BCUT2D eigenvalue weighted by atomic mass is 9.76. The van der Waals surface area contributed by atoms with Crippen LogP contribution >= 0.6 is 0 Å². The van der Waals surface area contributed by atoms with Gasteiger partial charge in [-0.2, -0.15) is 43.9 Å². The van der Waals surface area contributed by atoms with E-state index in [0.29, 0.717) is 0 Å². The fourth-order valence-corrected chi connectivity index (χ4v) is 2.83. The zero-order valence-corrected chi connectivity index (χ0v) is 11.2. The lowest BCUT2D eigenvalue weighted by Crippen LogP contribution is -2.71. The zero-order chi connectivity index (χ0) is 18.7. The molecule has 0 aromatic carbocycles. The molecular formula is C11H10F12. The van der Waals surface area contributed by atoms with E-state index in [0.717, 1.165) is 6.92 Å². The molecule has 1 saturated carbocycles. The molecule has 1 aliphatic rings. The molecule has 0 aliphatic heterocycles. The number of hydrogen-bond acceptors (Lipinski definition) is 0. The van der Waals surface area contributed by atoms with E-state index in [1.54, 1.807) is 0 Å². The van der Waals surface area contributed by atoms with Crippen molar-refractivity contribution < 1.29 is 52.7 Å². The first-order chi connectivity index (χ1) is 9.92. The third kappa shape index (κ3) is 2.30. The van der Waals surface area contributed by atoms with Gasteiger partial charge in [0.1, 0.15) is 0 Å². The second-order valence-corrected chi connectivity index (χ2v) is 5.30. The standard InChI is InChI=1S/C11H10F12/c1-2-5-3-4-6(12,7(5,13)10(18,19)20)8(14,15)9(16,17)11(21,22)23/h5H,2-4H2,1H3. The van der Waals surface area contributed by atoms with Gasteiger partial charge in [-0.15, -0.1) is 0 Å². The number of hydrogen-bond donors (Lipinski definition) is 0.